The maximum atomic E-state index is 2.46. The first-order chi connectivity index (χ1) is 7.17. The maximum Gasteiger partial charge on any atom is 0.00616 e. The third-order valence-corrected chi connectivity index (χ3v) is 5.45. The van der Waals surface area contributed by atoms with Crippen LogP contribution in [0.5, 0.6) is 0 Å². The fourth-order valence-corrected chi connectivity index (χ4v) is 2.35. The van der Waals surface area contributed by atoms with Crippen molar-refractivity contribution in [2.24, 2.45) is 5.92 Å². The molecule has 1 aromatic rings. The van der Waals surface area contributed by atoms with Crippen molar-refractivity contribution < 1.29 is 0 Å². The zero-order valence-electron chi connectivity index (χ0n) is 9.34. The molecule has 0 aliphatic carbocycles. The first-order valence-corrected chi connectivity index (χ1v) is 8.43. The summed E-state index contributed by atoms with van der Waals surface area (Å²) in [6.45, 7) is 4.60. The average Bonchev–Trinajstić information content (AvgIpc) is 2.29. The van der Waals surface area contributed by atoms with Crippen molar-refractivity contribution in [2.45, 2.75) is 26.2 Å². The van der Waals surface area contributed by atoms with Gasteiger partial charge < -0.3 is 0 Å². The Morgan fingerprint density at radius 1 is 1.00 bits per heavy atom. The molecule has 0 aromatic heterocycles. The molecule has 0 bridgehead atoms. The molecule has 0 aliphatic rings. The smallest absolute Gasteiger partial charge is 0.00616 e. The van der Waals surface area contributed by atoms with Crippen LogP contribution in [0, 0.1) is 5.92 Å². The third-order valence-electron chi connectivity index (χ3n) is 2.63. The van der Waals surface area contributed by atoms with Crippen molar-refractivity contribution >= 4 is 45.2 Å². The van der Waals surface area contributed by atoms with E-state index in [1.54, 1.807) is 0 Å². The first kappa shape index (κ1) is 13.7. The van der Waals surface area contributed by atoms with Crippen molar-refractivity contribution in [2.75, 3.05) is 8.86 Å². The van der Waals surface area contributed by atoms with Crippen LogP contribution in [0.1, 0.15) is 30.9 Å². The fraction of sp³-hybridized carbons (Fsp3) is 0.538. The summed E-state index contributed by atoms with van der Waals surface area (Å²) in [5.41, 5.74) is 2.94. The second-order valence-corrected chi connectivity index (χ2v) is 6.02. The highest BCUT2D eigenvalue weighted by molar-refractivity contribution is 14.1. The second-order valence-electron chi connectivity index (χ2n) is 4.26. The summed E-state index contributed by atoms with van der Waals surface area (Å²) in [6, 6.07) is 9.17. The Kier molecular flexibility index (Phi) is 6.50. The van der Waals surface area contributed by atoms with Gasteiger partial charge in [0.2, 0.25) is 0 Å². The lowest BCUT2D eigenvalue weighted by molar-refractivity contribution is 0.668. The van der Waals surface area contributed by atoms with Crippen molar-refractivity contribution in [3.8, 4) is 0 Å². The molecule has 0 amide bonds. The highest BCUT2D eigenvalue weighted by Crippen LogP contribution is 2.19. The van der Waals surface area contributed by atoms with Gasteiger partial charge in [0, 0.05) is 8.86 Å². The molecule has 84 valence electrons. The van der Waals surface area contributed by atoms with E-state index in [0.29, 0.717) is 5.92 Å². The van der Waals surface area contributed by atoms with Gasteiger partial charge in [0.05, 0.1) is 0 Å². The number of halogens is 2. The van der Waals surface area contributed by atoms with Crippen LogP contribution in [0.2, 0.25) is 0 Å². The quantitative estimate of drug-likeness (QED) is 0.466. The Bertz CT molecular complexity index is 279. The number of alkyl halides is 2. The SMILES string of the molecule is CC(CI)Cc1ccc(C(C)CI)cc1. The number of hydrogen-bond acceptors (Lipinski definition) is 0. The summed E-state index contributed by atoms with van der Waals surface area (Å²) in [5, 5.41) is 0. The van der Waals surface area contributed by atoms with E-state index < -0.39 is 0 Å². The molecule has 2 heteroatoms. The number of benzene rings is 1. The third kappa shape index (κ3) is 4.59. The van der Waals surface area contributed by atoms with E-state index in [4.69, 9.17) is 0 Å². The van der Waals surface area contributed by atoms with E-state index in [1.165, 1.54) is 26.4 Å². The Labute approximate surface area is 121 Å². The largest absolute Gasteiger partial charge is 0.0861 e. The van der Waals surface area contributed by atoms with E-state index in [1.807, 2.05) is 0 Å². The number of hydrogen-bond donors (Lipinski definition) is 0. The minimum absolute atomic E-state index is 0.682. The predicted octanol–water partition coefficient (Wildman–Crippen LogP) is 4.84. The molecule has 1 aromatic carbocycles. The van der Waals surface area contributed by atoms with Gasteiger partial charge in [-0.3, -0.25) is 0 Å². The standard InChI is InChI=1S/C13H18I2/c1-10(8-14)7-12-3-5-13(6-4-12)11(2)9-15/h3-6,10-11H,7-9H2,1-2H3. The monoisotopic (exact) mass is 428 g/mol. The Morgan fingerprint density at radius 3 is 2.07 bits per heavy atom. The summed E-state index contributed by atoms with van der Waals surface area (Å²) < 4.78 is 2.44. The van der Waals surface area contributed by atoms with Gasteiger partial charge in [0.1, 0.15) is 0 Å². The summed E-state index contributed by atoms with van der Waals surface area (Å²) in [5.74, 6) is 1.47. The highest BCUT2D eigenvalue weighted by Gasteiger charge is 2.05. The normalized spacial score (nSPS) is 14.9. The summed E-state index contributed by atoms with van der Waals surface area (Å²) in [7, 11) is 0. The van der Waals surface area contributed by atoms with Crippen molar-refractivity contribution in [1.82, 2.24) is 0 Å². The van der Waals surface area contributed by atoms with Crippen LogP contribution in [0.3, 0.4) is 0 Å². The molecule has 0 aliphatic heterocycles. The molecule has 0 radical (unpaired) electrons. The first-order valence-electron chi connectivity index (χ1n) is 5.38. The lowest BCUT2D eigenvalue weighted by Gasteiger charge is -2.11. The van der Waals surface area contributed by atoms with Crippen LogP contribution < -0.4 is 0 Å². The molecule has 0 saturated heterocycles. The molecule has 2 atom stereocenters. The molecular formula is C13H18I2. The highest BCUT2D eigenvalue weighted by atomic mass is 127. The van der Waals surface area contributed by atoms with Crippen LogP contribution in [0.4, 0.5) is 0 Å². The van der Waals surface area contributed by atoms with Crippen LogP contribution in [0.15, 0.2) is 24.3 Å². The van der Waals surface area contributed by atoms with Crippen LogP contribution in [0.25, 0.3) is 0 Å². The van der Waals surface area contributed by atoms with Crippen LogP contribution in [-0.2, 0) is 6.42 Å². The molecule has 2 unspecified atom stereocenters. The molecule has 0 spiro atoms. The Morgan fingerprint density at radius 2 is 1.60 bits per heavy atom. The van der Waals surface area contributed by atoms with Crippen LogP contribution in [-0.4, -0.2) is 8.86 Å². The van der Waals surface area contributed by atoms with E-state index in [2.05, 4.69) is 83.3 Å². The van der Waals surface area contributed by atoms with Crippen molar-refractivity contribution in [3.05, 3.63) is 35.4 Å². The molecular weight excluding hydrogens is 410 g/mol. The number of rotatable bonds is 5. The summed E-state index contributed by atoms with van der Waals surface area (Å²) >= 11 is 4.91. The molecule has 0 fully saturated rings. The van der Waals surface area contributed by atoms with Gasteiger partial charge >= 0.3 is 0 Å². The van der Waals surface area contributed by atoms with E-state index in [0.717, 1.165) is 5.92 Å². The van der Waals surface area contributed by atoms with Crippen molar-refractivity contribution in [3.63, 3.8) is 0 Å². The minimum atomic E-state index is 0.682. The lowest BCUT2D eigenvalue weighted by Crippen LogP contribution is -2.01. The maximum absolute atomic E-state index is 2.46. The minimum Gasteiger partial charge on any atom is -0.0861 e. The summed E-state index contributed by atoms with van der Waals surface area (Å²) in [6.07, 6.45) is 1.21. The molecule has 0 saturated carbocycles. The topological polar surface area (TPSA) is 0 Å². The van der Waals surface area contributed by atoms with Crippen molar-refractivity contribution in [1.29, 1.82) is 0 Å². The molecule has 1 rings (SSSR count). The van der Waals surface area contributed by atoms with E-state index >= 15 is 0 Å². The Hall–Kier alpha value is 0.680. The van der Waals surface area contributed by atoms with Crippen LogP contribution >= 0.6 is 45.2 Å². The van der Waals surface area contributed by atoms with Gasteiger partial charge in [0.25, 0.3) is 0 Å². The Balaban J connectivity index is 2.64. The van der Waals surface area contributed by atoms with Gasteiger partial charge in [-0.15, -0.1) is 0 Å². The molecule has 0 nitrogen and oxygen atoms in total. The molecule has 0 heterocycles. The average molecular weight is 428 g/mol. The zero-order valence-corrected chi connectivity index (χ0v) is 13.7. The van der Waals surface area contributed by atoms with Gasteiger partial charge in [-0.05, 0) is 29.4 Å². The summed E-state index contributed by atoms with van der Waals surface area (Å²) in [4.78, 5) is 0. The van der Waals surface area contributed by atoms with Gasteiger partial charge in [-0.25, -0.2) is 0 Å². The van der Waals surface area contributed by atoms with E-state index in [9.17, 15) is 0 Å². The lowest BCUT2D eigenvalue weighted by atomic mass is 9.98. The van der Waals surface area contributed by atoms with E-state index in [-0.39, 0.29) is 0 Å². The van der Waals surface area contributed by atoms with Gasteiger partial charge in [-0.2, -0.15) is 0 Å². The van der Waals surface area contributed by atoms with Gasteiger partial charge in [0.15, 0.2) is 0 Å². The fourth-order valence-electron chi connectivity index (χ4n) is 1.53. The van der Waals surface area contributed by atoms with Gasteiger partial charge in [-0.1, -0.05) is 83.3 Å². The second kappa shape index (κ2) is 7.09. The molecule has 15 heavy (non-hydrogen) atoms. The zero-order chi connectivity index (χ0) is 11.3. The predicted molar refractivity (Wildman–Crippen MR) is 85.5 cm³/mol. The molecule has 0 N–H and O–H groups in total.